The summed E-state index contributed by atoms with van der Waals surface area (Å²) in [7, 11) is 1.29. The molecular weight excluding hydrogens is 248 g/mol. The number of nitrogen functional groups attached to an aromatic ring is 1. The number of methoxy groups -OCH3 is 1. The number of furan rings is 1. The van der Waals surface area contributed by atoms with Crippen molar-refractivity contribution in [3.63, 3.8) is 0 Å². The fourth-order valence-electron chi connectivity index (χ4n) is 1.51. The molecule has 0 unspecified atom stereocenters. The van der Waals surface area contributed by atoms with Gasteiger partial charge in [-0.3, -0.25) is 4.79 Å². The van der Waals surface area contributed by atoms with Crippen LogP contribution in [-0.4, -0.2) is 19.0 Å². The molecule has 98 valence electrons. The third-order valence-corrected chi connectivity index (χ3v) is 2.39. The van der Waals surface area contributed by atoms with E-state index >= 15 is 0 Å². The molecule has 1 aromatic heterocycles. The summed E-state index contributed by atoms with van der Waals surface area (Å²) in [5.41, 5.74) is 6.19. The van der Waals surface area contributed by atoms with Crippen molar-refractivity contribution in [2.45, 2.75) is 0 Å². The second kappa shape index (κ2) is 5.26. The lowest BCUT2D eigenvalue weighted by atomic mass is 10.2. The van der Waals surface area contributed by atoms with Crippen molar-refractivity contribution in [3.8, 4) is 0 Å². The van der Waals surface area contributed by atoms with Crippen LogP contribution in [0.25, 0.3) is 0 Å². The minimum Gasteiger partial charge on any atom is -0.465 e. The molecule has 0 fully saturated rings. The molecule has 2 aromatic rings. The summed E-state index contributed by atoms with van der Waals surface area (Å²) in [5.74, 6) is -0.661. The van der Waals surface area contributed by atoms with E-state index in [9.17, 15) is 9.59 Å². The van der Waals surface area contributed by atoms with E-state index < -0.39 is 11.9 Å². The Kier molecular flexibility index (Phi) is 3.51. The first-order valence-electron chi connectivity index (χ1n) is 5.45. The van der Waals surface area contributed by atoms with E-state index in [1.807, 2.05) is 0 Å². The Balaban J connectivity index is 2.15. The fourth-order valence-corrected chi connectivity index (χ4v) is 1.51. The monoisotopic (exact) mass is 260 g/mol. The minimum absolute atomic E-state index is 0.0981. The van der Waals surface area contributed by atoms with Crippen molar-refractivity contribution < 1.29 is 18.7 Å². The molecule has 6 nitrogen and oxygen atoms in total. The van der Waals surface area contributed by atoms with Gasteiger partial charge in [-0.2, -0.15) is 0 Å². The van der Waals surface area contributed by atoms with Gasteiger partial charge in [0.2, 0.25) is 0 Å². The van der Waals surface area contributed by atoms with Gasteiger partial charge in [-0.1, -0.05) is 6.07 Å². The van der Waals surface area contributed by atoms with Crippen LogP contribution in [0.1, 0.15) is 20.9 Å². The van der Waals surface area contributed by atoms with Crippen LogP contribution < -0.4 is 11.1 Å². The Morgan fingerprint density at radius 3 is 2.68 bits per heavy atom. The number of ether oxygens (including phenoxy) is 1. The van der Waals surface area contributed by atoms with Crippen LogP contribution in [-0.2, 0) is 4.74 Å². The zero-order chi connectivity index (χ0) is 13.8. The van der Waals surface area contributed by atoms with Gasteiger partial charge in [0.05, 0.1) is 12.7 Å². The number of anilines is 2. The molecule has 0 saturated carbocycles. The maximum atomic E-state index is 11.8. The molecule has 1 aromatic carbocycles. The third-order valence-electron chi connectivity index (χ3n) is 2.39. The third kappa shape index (κ3) is 2.92. The summed E-state index contributed by atoms with van der Waals surface area (Å²) < 4.78 is 9.59. The Morgan fingerprint density at radius 1 is 1.26 bits per heavy atom. The molecule has 0 aliphatic carbocycles. The molecule has 2 rings (SSSR count). The van der Waals surface area contributed by atoms with E-state index in [4.69, 9.17) is 10.2 Å². The normalized spacial score (nSPS) is 9.95. The van der Waals surface area contributed by atoms with Crippen LogP contribution in [0, 0.1) is 0 Å². The smallest absolute Gasteiger partial charge is 0.337 e. The van der Waals surface area contributed by atoms with E-state index in [1.54, 1.807) is 18.2 Å². The lowest BCUT2D eigenvalue weighted by Crippen LogP contribution is -2.11. The Hall–Kier alpha value is -2.76. The zero-order valence-electron chi connectivity index (χ0n) is 10.2. The lowest BCUT2D eigenvalue weighted by Gasteiger charge is -2.05. The van der Waals surface area contributed by atoms with Gasteiger partial charge in [-0.05, 0) is 24.3 Å². The number of hydrogen-bond acceptors (Lipinski definition) is 5. The summed E-state index contributed by atoms with van der Waals surface area (Å²) in [4.78, 5) is 23.2. The molecule has 1 heterocycles. The zero-order valence-corrected chi connectivity index (χ0v) is 10.2. The number of nitrogens with two attached hydrogens (primary N) is 1. The van der Waals surface area contributed by atoms with Crippen molar-refractivity contribution in [1.82, 2.24) is 0 Å². The van der Waals surface area contributed by atoms with Crippen molar-refractivity contribution in [3.05, 3.63) is 47.7 Å². The van der Waals surface area contributed by atoms with Gasteiger partial charge in [0, 0.05) is 11.8 Å². The number of hydrogen-bond donors (Lipinski definition) is 2. The van der Waals surface area contributed by atoms with Crippen LogP contribution in [0.15, 0.2) is 40.8 Å². The first-order chi connectivity index (χ1) is 9.10. The highest BCUT2D eigenvalue weighted by Gasteiger charge is 2.12. The molecule has 0 atom stereocenters. The topological polar surface area (TPSA) is 94.6 Å². The van der Waals surface area contributed by atoms with Gasteiger partial charge in [-0.25, -0.2) is 4.79 Å². The molecule has 0 bridgehead atoms. The average Bonchev–Trinajstić information content (AvgIpc) is 2.85. The number of amides is 1. The molecule has 0 aliphatic rings. The molecule has 0 saturated heterocycles. The van der Waals surface area contributed by atoms with Gasteiger partial charge in [0.1, 0.15) is 0 Å². The Bertz CT molecular complexity index is 619. The predicted octanol–water partition coefficient (Wildman–Crippen LogP) is 1.90. The highest BCUT2D eigenvalue weighted by atomic mass is 16.5. The number of rotatable bonds is 3. The lowest BCUT2D eigenvalue weighted by molar-refractivity contribution is 0.0600. The molecular formula is C13H12N2O4. The van der Waals surface area contributed by atoms with Crippen LogP contribution in [0.2, 0.25) is 0 Å². The van der Waals surface area contributed by atoms with Gasteiger partial charge < -0.3 is 20.2 Å². The Morgan fingerprint density at radius 2 is 2.05 bits per heavy atom. The van der Waals surface area contributed by atoms with Gasteiger partial charge in [0.15, 0.2) is 11.6 Å². The van der Waals surface area contributed by atoms with Crippen LogP contribution in [0.4, 0.5) is 11.6 Å². The number of carbonyl (C=O) groups excluding carboxylic acids is 2. The average molecular weight is 260 g/mol. The van der Waals surface area contributed by atoms with Crippen molar-refractivity contribution in [2.75, 3.05) is 18.2 Å². The number of nitrogens with one attached hydrogen (secondary N) is 1. The number of esters is 1. The van der Waals surface area contributed by atoms with Crippen LogP contribution >= 0.6 is 0 Å². The molecule has 0 radical (unpaired) electrons. The second-order valence-corrected chi connectivity index (χ2v) is 3.73. The van der Waals surface area contributed by atoms with E-state index in [2.05, 4.69) is 10.1 Å². The van der Waals surface area contributed by atoms with Gasteiger partial charge >= 0.3 is 5.97 Å². The summed E-state index contributed by atoms with van der Waals surface area (Å²) in [5, 5.41) is 2.59. The summed E-state index contributed by atoms with van der Waals surface area (Å²) >= 11 is 0. The van der Waals surface area contributed by atoms with Crippen LogP contribution in [0.3, 0.4) is 0 Å². The first kappa shape index (κ1) is 12.7. The molecule has 0 aliphatic heterocycles. The highest BCUT2D eigenvalue weighted by Crippen LogP contribution is 2.15. The van der Waals surface area contributed by atoms with E-state index in [0.29, 0.717) is 11.3 Å². The fraction of sp³-hybridized carbons (Fsp3) is 0.0769. The highest BCUT2D eigenvalue weighted by molar-refractivity contribution is 6.03. The van der Waals surface area contributed by atoms with Gasteiger partial charge in [0.25, 0.3) is 5.91 Å². The molecule has 6 heteroatoms. The minimum atomic E-state index is -0.474. The van der Waals surface area contributed by atoms with E-state index in [1.165, 1.54) is 25.3 Å². The summed E-state index contributed by atoms with van der Waals surface area (Å²) in [6.07, 6.45) is 0. The molecule has 3 N–H and O–H groups in total. The molecule has 0 spiro atoms. The summed E-state index contributed by atoms with van der Waals surface area (Å²) in [6, 6.07) is 9.34. The quantitative estimate of drug-likeness (QED) is 0.822. The first-order valence-corrected chi connectivity index (χ1v) is 5.45. The van der Waals surface area contributed by atoms with E-state index in [-0.39, 0.29) is 11.6 Å². The standard InChI is InChI=1S/C13H12N2O4/c1-18-13(17)8-3-2-4-9(7-8)15-12(16)10-5-6-11(14)19-10/h2-7H,14H2,1H3,(H,15,16). The van der Waals surface area contributed by atoms with E-state index in [0.717, 1.165) is 0 Å². The SMILES string of the molecule is COC(=O)c1cccc(NC(=O)c2ccc(N)o2)c1. The largest absolute Gasteiger partial charge is 0.465 e. The summed E-state index contributed by atoms with van der Waals surface area (Å²) in [6.45, 7) is 0. The van der Waals surface area contributed by atoms with Gasteiger partial charge in [-0.15, -0.1) is 0 Å². The number of carbonyl (C=O) groups is 2. The maximum Gasteiger partial charge on any atom is 0.337 e. The molecule has 19 heavy (non-hydrogen) atoms. The predicted molar refractivity (Wildman–Crippen MR) is 68.9 cm³/mol. The second-order valence-electron chi connectivity index (χ2n) is 3.73. The maximum absolute atomic E-state index is 11.8. The van der Waals surface area contributed by atoms with Crippen molar-refractivity contribution >= 4 is 23.4 Å². The Labute approximate surface area is 109 Å². The van der Waals surface area contributed by atoms with Crippen molar-refractivity contribution in [2.24, 2.45) is 0 Å². The van der Waals surface area contributed by atoms with Crippen LogP contribution in [0.5, 0.6) is 0 Å². The van der Waals surface area contributed by atoms with Crippen molar-refractivity contribution in [1.29, 1.82) is 0 Å². The number of benzene rings is 1. The molecule has 1 amide bonds.